The Morgan fingerprint density at radius 3 is 2.78 bits per heavy atom. The smallest absolute Gasteiger partial charge is 0.107 e. The minimum absolute atomic E-state index is 0.339. The molecule has 0 radical (unpaired) electrons. The molecule has 0 aliphatic carbocycles. The molecular formula is C13H14N4S. The van der Waals surface area contributed by atoms with Crippen molar-refractivity contribution in [2.24, 2.45) is 5.73 Å². The Balaban J connectivity index is 2.46. The number of aryl methyl sites for hydroxylation is 2. The summed E-state index contributed by atoms with van der Waals surface area (Å²) in [4.78, 5) is 8.77. The van der Waals surface area contributed by atoms with Gasteiger partial charge in [-0.1, -0.05) is 12.2 Å². The highest BCUT2D eigenvalue weighted by Gasteiger charge is 2.11. The summed E-state index contributed by atoms with van der Waals surface area (Å²) in [6, 6.07) is 5.72. The van der Waals surface area contributed by atoms with Crippen LogP contribution in [-0.2, 0) is 0 Å². The van der Waals surface area contributed by atoms with Crippen LogP contribution in [0.4, 0.5) is 11.4 Å². The zero-order valence-electron chi connectivity index (χ0n) is 10.3. The van der Waals surface area contributed by atoms with Gasteiger partial charge in [0, 0.05) is 17.6 Å². The van der Waals surface area contributed by atoms with Crippen LogP contribution in [0.25, 0.3) is 0 Å². The first kappa shape index (κ1) is 12.4. The molecule has 2 aromatic rings. The summed E-state index contributed by atoms with van der Waals surface area (Å²) in [7, 11) is 0. The summed E-state index contributed by atoms with van der Waals surface area (Å²) >= 11 is 5.08. The molecule has 2 rings (SSSR count). The van der Waals surface area contributed by atoms with E-state index in [1.54, 1.807) is 12.4 Å². The molecule has 3 N–H and O–H groups in total. The SMILES string of the molecule is Cc1cc(Nc2cccnc2)c(C(N)=S)c(C)n1. The highest BCUT2D eigenvalue weighted by molar-refractivity contribution is 7.80. The number of hydrogen-bond donors (Lipinski definition) is 2. The summed E-state index contributed by atoms with van der Waals surface area (Å²) in [5, 5.41) is 3.27. The molecule has 0 aliphatic heterocycles. The third-order valence-electron chi connectivity index (χ3n) is 2.52. The Labute approximate surface area is 111 Å². The maximum Gasteiger partial charge on any atom is 0.107 e. The summed E-state index contributed by atoms with van der Waals surface area (Å²) in [6.07, 6.45) is 3.47. The minimum atomic E-state index is 0.339. The molecule has 4 nitrogen and oxygen atoms in total. The average molecular weight is 258 g/mol. The Kier molecular flexibility index (Phi) is 3.53. The van der Waals surface area contributed by atoms with Gasteiger partial charge in [-0.25, -0.2) is 0 Å². The first-order valence-electron chi connectivity index (χ1n) is 5.53. The zero-order valence-corrected chi connectivity index (χ0v) is 11.1. The van der Waals surface area contributed by atoms with Gasteiger partial charge in [-0.15, -0.1) is 0 Å². The molecule has 0 spiro atoms. The summed E-state index contributed by atoms with van der Waals surface area (Å²) in [5.74, 6) is 0. The van der Waals surface area contributed by atoms with Gasteiger partial charge in [0.05, 0.1) is 23.1 Å². The largest absolute Gasteiger partial charge is 0.389 e. The van der Waals surface area contributed by atoms with Crippen LogP contribution in [0, 0.1) is 13.8 Å². The number of rotatable bonds is 3. The molecule has 0 fully saturated rings. The molecule has 0 unspecified atom stereocenters. The van der Waals surface area contributed by atoms with E-state index in [2.05, 4.69) is 15.3 Å². The van der Waals surface area contributed by atoms with Crippen LogP contribution in [-0.4, -0.2) is 15.0 Å². The minimum Gasteiger partial charge on any atom is -0.389 e. The third-order valence-corrected chi connectivity index (χ3v) is 2.72. The molecule has 92 valence electrons. The lowest BCUT2D eigenvalue weighted by atomic mass is 10.1. The number of thiocarbonyl (C=S) groups is 1. The van der Waals surface area contributed by atoms with E-state index in [-0.39, 0.29) is 0 Å². The summed E-state index contributed by atoms with van der Waals surface area (Å²) < 4.78 is 0. The lowest BCUT2D eigenvalue weighted by Crippen LogP contribution is -2.15. The topological polar surface area (TPSA) is 63.8 Å². The number of nitrogens with one attached hydrogen (secondary N) is 1. The molecule has 0 atom stereocenters. The van der Waals surface area contributed by atoms with Gasteiger partial charge in [-0.2, -0.15) is 0 Å². The molecule has 5 heteroatoms. The molecule has 18 heavy (non-hydrogen) atoms. The van der Waals surface area contributed by atoms with Gasteiger partial charge in [0.1, 0.15) is 4.99 Å². The number of pyridine rings is 2. The van der Waals surface area contributed by atoms with Gasteiger partial charge >= 0.3 is 0 Å². The Bertz CT molecular complexity index is 581. The predicted molar refractivity (Wildman–Crippen MR) is 77.1 cm³/mol. The van der Waals surface area contributed by atoms with Crippen LogP contribution in [0.2, 0.25) is 0 Å². The average Bonchev–Trinajstić information content (AvgIpc) is 2.28. The first-order valence-corrected chi connectivity index (χ1v) is 5.94. The highest BCUT2D eigenvalue weighted by Crippen LogP contribution is 2.23. The van der Waals surface area contributed by atoms with E-state index in [4.69, 9.17) is 18.0 Å². The van der Waals surface area contributed by atoms with Crippen LogP contribution in [0.1, 0.15) is 17.0 Å². The van der Waals surface area contributed by atoms with Crippen LogP contribution in [0.5, 0.6) is 0 Å². The van der Waals surface area contributed by atoms with Gasteiger partial charge in [-0.05, 0) is 32.0 Å². The molecular weight excluding hydrogens is 244 g/mol. The van der Waals surface area contributed by atoms with E-state index in [0.29, 0.717) is 4.99 Å². The van der Waals surface area contributed by atoms with E-state index in [1.807, 2.05) is 32.0 Å². The summed E-state index contributed by atoms with van der Waals surface area (Å²) in [5.41, 5.74) is 10.0. The molecule has 2 heterocycles. The van der Waals surface area contributed by atoms with E-state index in [0.717, 1.165) is 28.3 Å². The Hall–Kier alpha value is -2.01. The zero-order chi connectivity index (χ0) is 13.1. The quantitative estimate of drug-likeness (QED) is 0.828. The van der Waals surface area contributed by atoms with E-state index in [9.17, 15) is 0 Å². The second kappa shape index (κ2) is 5.10. The van der Waals surface area contributed by atoms with Gasteiger partial charge in [0.15, 0.2) is 0 Å². The second-order valence-corrected chi connectivity index (χ2v) is 4.44. The summed E-state index contributed by atoms with van der Waals surface area (Å²) in [6.45, 7) is 3.83. The van der Waals surface area contributed by atoms with Gasteiger partial charge in [-0.3, -0.25) is 9.97 Å². The number of anilines is 2. The van der Waals surface area contributed by atoms with Crippen molar-refractivity contribution in [3.8, 4) is 0 Å². The Morgan fingerprint density at radius 1 is 1.39 bits per heavy atom. The number of nitrogens with zero attached hydrogens (tertiary/aromatic N) is 2. The first-order chi connectivity index (χ1) is 8.58. The molecule has 0 aromatic carbocycles. The molecule has 2 aromatic heterocycles. The van der Waals surface area contributed by atoms with E-state index < -0.39 is 0 Å². The van der Waals surface area contributed by atoms with Gasteiger partial charge < -0.3 is 11.1 Å². The van der Waals surface area contributed by atoms with Crippen molar-refractivity contribution < 1.29 is 0 Å². The third kappa shape index (κ3) is 2.62. The highest BCUT2D eigenvalue weighted by atomic mass is 32.1. The lowest BCUT2D eigenvalue weighted by Gasteiger charge is -2.13. The standard InChI is InChI=1S/C13H14N4S/c1-8-6-11(12(13(14)18)9(2)16-8)17-10-4-3-5-15-7-10/h3-7H,1-2H3,(H2,14,18)(H,16,17). The van der Waals surface area contributed by atoms with Crippen molar-refractivity contribution in [3.63, 3.8) is 0 Å². The van der Waals surface area contributed by atoms with Crippen LogP contribution in [0.15, 0.2) is 30.6 Å². The van der Waals surface area contributed by atoms with Crippen LogP contribution >= 0.6 is 12.2 Å². The van der Waals surface area contributed by atoms with Crippen molar-refractivity contribution in [1.82, 2.24) is 9.97 Å². The number of aromatic nitrogens is 2. The maximum absolute atomic E-state index is 5.75. The van der Waals surface area contributed by atoms with Crippen molar-refractivity contribution in [1.29, 1.82) is 0 Å². The number of hydrogen-bond acceptors (Lipinski definition) is 4. The van der Waals surface area contributed by atoms with Crippen molar-refractivity contribution in [2.45, 2.75) is 13.8 Å². The van der Waals surface area contributed by atoms with Crippen molar-refractivity contribution in [3.05, 3.63) is 47.5 Å². The molecule has 0 aliphatic rings. The monoisotopic (exact) mass is 258 g/mol. The van der Waals surface area contributed by atoms with Gasteiger partial charge in [0.25, 0.3) is 0 Å². The van der Waals surface area contributed by atoms with E-state index in [1.165, 1.54) is 0 Å². The fraction of sp³-hybridized carbons (Fsp3) is 0.154. The number of nitrogens with two attached hydrogens (primary N) is 1. The molecule has 0 saturated heterocycles. The maximum atomic E-state index is 5.75. The second-order valence-electron chi connectivity index (χ2n) is 4.00. The van der Waals surface area contributed by atoms with Crippen molar-refractivity contribution >= 4 is 28.6 Å². The van der Waals surface area contributed by atoms with Crippen LogP contribution in [0.3, 0.4) is 0 Å². The normalized spacial score (nSPS) is 10.1. The van der Waals surface area contributed by atoms with Crippen LogP contribution < -0.4 is 11.1 Å². The Morgan fingerprint density at radius 2 is 2.17 bits per heavy atom. The fourth-order valence-corrected chi connectivity index (χ4v) is 2.09. The lowest BCUT2D eigenvalue weighted by molar-refractivity contribution is 1.11. The fourth-order valence-electron chi connectivity index (χ4n) is 1.83. The molecule has 0 bridgehead atoms. The molecule has 0 saturated carbocycles. The predicted octanol–water partition coefficient (Wildman–Crippen LogP) is 2.47. The van der Waals surface area contributed by atoms with Crippen molar-refractivity contribution in [2.75, 3.05) is 5.32 Å². The van der Waals surface area contributed by atoms with Gasteiger partial charge in [0.2, 0.25) is 0 Å². The van der Waals surface area contributed by atoms with E-state index >= 15 is 0 Å². The molecule has 0 amide bonds.